The molecule has 4 rings (SSSR count). The lowest BCUT2D eigenvalue weighted by atomic mass is 9.87. The Hall–Kier alpha value is -2.59. The van der Waals surface area contributed by atoms with Gasteiger partial charge in [-0.25, -0.2) is 4.68 Å². The lowest BCUT2D eigenvalue weighted by molar-refractivity contribution is 0.596. The van der Waals surface area contributed by atoms with Gasteiger partial charge in [-0.05, 0) is 36.0 Å². The molecule has 1 aliphatic rings. The maximum atomic E-state index is 12.6. The predicted molar refractivity (Wildman–Crippen MR) is 105 cm³/mol. The van der Waals surface area contributed by atoms with Gasteiger partial charge in [0.1, 0.15) is 5.02 Å². The van der Waals surface area contributed by atoms with Gasteiger partial charge in [-0.2, -0.15) is 5.10 Å². The Morgan fingerprint density at radius 1 is 1.12 bits per heavy atom. The van der Waals surface area contributed by atoms with E-state index in [1.807, 2.05) is 30.3 Å². The van der Waals surface area contributed by atoms with Gasteiger partial charge in [-0.1, -0.05) is 66.2 Å². The maximum Gasteiger partial charge on any atom is 0.287 e. The minimum absolute atomic E-state index is 0.156. The van der Waals surface area contributed by atoms with E-state index in [0.717, 1.165) is 24.8 Å². The van der Waals surface area contributed by atoms with Crippen LogP contribution in [0.3, 0.4) is 0 Å². The second-order valence-electron chi connectivity index (χ2n) is 6.61. The summed E-state index contributed by atoms with van der Waals surface area (Å²) < 4.78 is 1.40. The smallest absolute Gasteiger partial charge is 0.287 e. The SMILES string of the molecule is O=c1c(Cl)c(N[C@H]2CCCc3ccccc32)cnn1Cc1ccccc1. The van der Waals surface area contributed by atoms with Crippen LogP contribution in [0.1, 0.15) is 35.6 Å². The fourth-order valence-electron chi connectivity index (χ4n) is 3.53. The van der Waals surface area contributed by atoms with E-state index in [1.54, 1.807) is 6.20 Å². The van der Waals surface area contributed by atoms with Crippen molar-refractivity contribution in [3.8, 4) is 0 Å². The molecular weight excluding hydrogens is 346 g/mol. The quantitative estimate of drug-likeness (QED) is 0.743. The zero-order valence-electron chi connectivity index (χ0n) is 14.4. The van der Waals surface area contributed by atoms with Gasteiger partial charge in [0.15, 0.2) is 0 Å². The second kappa shape index (κ2) is 7.34. The number of benzene rings is 2. The fourth-order valence-corrected chi connectivity index (χ4v) is 3.73. The molecule has 0 unspecified atom stereocenters. The number of hydrogen-bond acceptors (Lipinski definition) is 3. The molecule has 3 aromatic rings. The summed E-state index contributed by atoms with van der Waals surface area (Å²) in [5.74, 6) is 0. The molecule has 0 amide bonds. The normalized spacial score (nSPS) is 16.1. The molecule has 1 N–H and O–H groups in total. The van der Waals surface area contributed by atoms with Crippen LogP contribution in [-0.4, -0.2) is 9.78 Å². The lowest BCUT2D eigenvalue weighted by Gasteiger charge is -2.27. The number of fused-ring (bicyclic) bond motifs is 1. The third kappa shape index (κ3) is 3.37. The summed E-state index contributed by atoms with van der Waals surface area (Å²) >= 11 is 6.38. The first-order valence-electron chi connectivity index (χ1n) is 8.86. The van der Waals surface area contributed by atoms with Gasteiger partial charge >= 0.3 is 0 Å². The highest BCUT2D eigenvalue weighted by molar-refractivity contribution is 6.32. The Morgan fingerprint density at radius 3 is 2.73 bits per heavy atom. The number of nitrogens with zero attached hydrogens (tertiary/aromatic N) is 2. The average molecular weight is 366 g/mol. The van der Waals surface area contributed by atoms with Crippen molar-refractivity contribution in [1.82, 2.24) is 9.78 Å². The van der Waals surface area contributed by atoms with Crippen LogP contribution >= 0.6 is 11.6 Å². The molecule has 1 atom stereocenters. The van der Waals surface area contributed by atoms with Crippen molar-refractivity contribution in [2.45, 2.75) is 31.8 Å². The average Bonchev–Trinajstić information content (AvgIpc) is 2.69. The standard InChI is InChI=1S/C21H20ClN3O/c22-20-19(24-18-12-6-10-16-9-4-5-11-17(16)18)13-23-25(21(20)26)14-15-7-2-1-3-8-15/h1-5,7-9,11,13,18,24H,6,10,12,14H2/t18-/m0/s1. The minimum Gasteiger partial charge on any atom is -0.376 e. The lowest BCUT2D eigenvalue weighted by Crippen LogP contribution is -2.26. The molecular formula is C21H20ClN3O. The van der Waals surface area contributed by atoms with E-state index < -0.39 is 0 Å². The summed E-state index contributed by atoms with van der Waals surface area (Å²) in [6, 6.07) is 18.4. The topological polar surface area (TPSA) is 46.9 Å². The third-order valence-corrected chi connectivity index (χ3v) is 5.22. The van der Waals surface area contributed by atoms with Crippen molar-refractivity contribution in [2.24, 2.45) is 0 Å². The van der Waals surface area contributed by atoms with Gasteiger partial charge in [0.05, 0.1) is 24.5 Å². The van der Waals surface area contributed by atoms with Crippen LogP contribution in [0.4, 0.5) is 5.69 Å². The summed E-state index contributed by atoms with van der Waals surface area (Å²) in [5.41, 5.74) is 3.98. The van der Waals surface area contributed by atoms with Crippen molar-refractivity contribution in [3.63, 3.8) is 0 Å². The number of nitrogens with one attached hydrogen (secondary N) is 1. The summed E-state index contributed by atoms with van der Waals surface area (Å²) in [4.78, 5) is 12.6. The fraction of sp³-hybridized carbons (Fsp3) is 0.238. The molecule has 0 radical (unpaired) electrons. The van der Waals surface area contributed by atoms with E-state index in [2.05, 4.69) is 34.7 Å². The molecule has 0 spiro atoms. The van der Waals surface area contributed by atoms with Crippen LogP contribution < -0.4 is 10.9 Å². The van der Waals surface area contributed by atoms with E-state index >= 15 is 0 Å². The first-order valence-corrected chi connectivity index (χ1v) is 9.24. The summed E-state index contributed by atoms with van der Waals surface area (Å²) in [6.45, 7) is 0.409. The zero-order valence-corrected chi connectivity index (χ0v) is 15.1. The van der Waals surface area contributed by atoms with Crippen LogP contribution in [0.5, 0.6) is 0 Å². The van der Waals surface area contributed by atoms with Crippen LogP contribution in [0.15, 0.2) is 65.6 Å². The number of anilines is 1. The highest BCUT2D eigenvalue weighted by Crippen LogP contribution is 2.33. The molecule has 0 saturated carbocycles. The number of rotatable bonds is 4. The molecule has 0 fully saturated rings. The van der Waals surface area contributed by atoms with E-state index in [0.29, 0.717) is 12.2 Å². The Morgan fingerprint density at radius 2 is 1.88 bits per heavy atom. The highest BCUT2D eigenvalue weighted by Gasteiger charge is 2.21. The predicted octanol–water partition coefficient (Wildman–Crippen LogP) is 4.43. The number of hydrogen-bond donors (Lipinski definition) is 1. The molecule has 1 aromatic heterocycles. The molecule has 26 heavy (non-hydrogen) atoms. The summed E-state index contributed by atoms with van der Waals surface area (Å²) in [5, 5.41) is 7.94. The molecule has 0 aliphatic heterocycles. The van der Waals surface area contributed by atoms with Crippen molar-refractivity contribution in [2.75, 3.05) is 5.32 Å². The van der Waals surface area contributed by atoms with E-state index in [4.69, 9.17) is 11.6 Å². The molecule has 0 saturated heterocycles. The van der Waals surface area contributed by atoms with Gasteiger partial charge in [-0.15, -0.1) is 0 Å². The van der Waals surface area contributed by atoms with Gasteiger partial charge in [0.2, 0.25) is 0 Å². The molecule has 1 heterocycles. The molecule has 5 heteroatoms. The maximum absolute atomic E-state index is 12.6. The zero-order chi connectivity index (χ0) is 17.9. The minimum atomic E-state index is -0.274. The van der Waals surface area contributed by atoms with Crippen LogP contribution in [-0.2, 0) is 13.0 Å². The van der Waals surface area contributed by atoms with E-state index in [1.165, 1.54) is 15.8 Å². The van der Waals surface area contributed by atoms with Crippen LogP contribution in [0.25, 0.3) is 0 Å². The largest absolute Gasteiger partial charge is 0.376 e. The van der Waals surface area contributed by atoms with Gasteiger partial charge in [-0.3, -0.25) is 4.79 Å². The van der Waals surface area contributed by atoms with Gasteiger partial charge < -0.3 is 5.32 Å². The van der Waals surface area contributed by atoms with Gasteiger partial charge in [0.25, 0.3) is 5.56 Å². The van der Waals surface area contributed by atoms with E-state index in [9.17, 15) is 4.79 Å². The number of halogens is 1. The molecule has 1 aliphatic carbocycles. The molecule has 0 bridgehead atoms. The van der Waals surface area contributed by atoms with Gasteiger partial charge in [0, 0.05) is 0 Å². The first-order chi connectivity index (χ1) is 12.7. The molecule has 4 nitrogen and oxygen atoms in total. The van der Waals surface area contributed by atoms with Crippen LogP contribution in [0.2, 0.25) is 5.02 Å². The third-order valence-electron chi connectivity index (χ3n) is 4.86. The van der Waals surface area contributed by atoms with Crippen molar-refractivity contribution in [1.29, 1.82) is 0 Å². The van der Waals surface area contributed by atoms with Crippen molar-refractivity contribution < 1.29 is 0 Å². The number of aryl methyl sites for hydroxylation is 1. The number of aromatic nitrogens is 2. The Balaban J connectivity index is 1.59. The van der Waals surface area contributed by atoms with Crippen molar-refractivity contribution in [3.05, 3.63) is 92.9 Å². The molecule has 132 valence electrons. The van der Waals surface area contributed by atoms with Crippen LogP contribution in [0, 0.1) is 0 Å². The Kier molecular flexibility index (Phi) is 4.76. The highest BCUT2D eigenvalue weighted by atomic mass is 35.5. The summed E-state index contributed by atoms with van der Waals surface area (Å²) in [6.07, 6.45) is 4.88. The Bertz CT molecular complexity index is 968. The Labute approximate surface area is 157 Å². The van der Waals surface area contributed by atoms with Crippen molar-refractivity contribution >= 4 is 17.3 Å². The van der Waals surface area contributed by atoms with E-state index in [-0.39, 0.29) is 16.6 Å². The second-order valence-corrected chi connectivity index (χ2v) is 6.99. The molecule has 2 aromatic carbocycles. The summed E-state index contributed by atoms with van der Waals surface area (Å²) in [7, 11) is 0. The first kappa shape index (κ1) is 16.9. The monoisotopic (exact) mass is 365 g/mol.